The lowest BCUT2D eigenvalue weighted by molar-refractivity contribution is 0.00578. The third-order valence-corrected chi connectivity index (χ3v) is 5.02. The molecule has 0 aliphatic carbocycles. The van der Waals surface area contributed by atoms with Gasteiger partial charge in [-0.1, -0.05) is 0 Å². The van der Waals surface area contributed by atoms with E-state index in [-0.39, 0.29) is 0 Å². The molecule has 0 spiro atoms. The van der Waals surface area contributed by atoms with E-state index in [1.165, 1.54) is 0 Å². The van der Waals surface area contributed by atoms with Gasteiger partial charge in [0.25, 0.3) is 0 Å². The Bertz CT molecular complexity index is 253. The Morgan fingerprint density at radius 2 is 1.43 bits per heavy atom. The summed E-state index contributed by atoms with van der Waals surface area (Å²) in [6, 6.07) is 0. The van der Waals surface area contributed by atoms with Crippen LogP contribution in [0.15, 0.2) is 0 Å². The van der Waals surface area contributed by atoms with Crippen LogP contribution in [0.1, 0.15) is 27.7 Å². The fourth-order valence-corrected chi connectivity index (χ4v) is 4.01. The first-order valence-corrected chi connectivity index (χ1v) is 6.46. The van der Waals surface area contributed by atoms with Gasteiger partial charge >= 0.3 is 7.60 Å². The monoisotopic (exact) mass is 221 g/mol. The van der Waals surface area contributed by atoms with E-state index in [1.807, 2.05) is 46.7 Å². The summed E-state index contributed by atoms with van der Waals surface area (Å²) in [5.41, 5.74) is -1.00. The Kier molecular flexibility index (Phi) is 2.88. The van der Waals surface area contributed by atoms with Crippen molar-refractivity contribution in [3.8, 4) is 0 Å². The first-order valence-electron chi connectivity index (χ1n) is 4.73. The molecule has 0 aromatic carbocycles. The lowest BCUT2D eigenvalue weighted by Gasteiger charge is -2.29. The zero-order valence-electron chi connectivity index (χ0n) is 9.83. The van der Waals surface area contributed by atoms with Gasteiger partial charge in [-0.15, -0.1) is 0 Å². The van der Waals surface area contributed by atoms with Crippen LogP contribution in [-0.2, 0) is 13.6 Å². The second-order valence-electron chi connectivity index (χ2n) is 5.04. The van der Waals surface area contributed by atoms with Crippen LogP contribution in [-0.4, -0.2) is 36.5 Å². The Morgan fingerprint density at radius 3 is 1.71 bits per heavy atom. The number of hydrogen-bond donors (Lipinski definition) is 0. The summed E-state index contributed by atoms with van der Waals surface area (Å²) < 4.78 is 23.3. The summed E-state index contributed by atoms with van der Waals surface area (Å²) >= 11 is 0. The maximum absolute atomic E-state index is 12.2. The first-order chi connectivity index (χ1) is 6.08. The van der Waals surface area contributed by atoms with E-state index in [1.54, 1.807) is 0 Å². The van der Waals surface area contributed by atoms with Crippen LogP contribution in [0.5, 0.6) is 0 Å². The summed E-state index contributed by atoms with van der Waals surface area (Å²) in [6.45, 7) is 7.62. The molecule has 0 saturated carbocycles. The highest BCUT2D eigenvalue weighted by molar-refractivity contribution is 7.54. The van der Waals surface area contributed by atoms with E-state index < -0.39 is 18.8 Å². The van der Waals surface area contributed by atoms with E-state index in [0.717, 1.165) is 0 Å². The molecule has 0 aromatic rings. The van der Waals surface area contributed by atoms with Crippen molar-refractivity contribution in [3.05, 3.63) is 0 Å². The van der Waals surface area contributed by atoms with Crippen LogP contribution < -0.4 is 0 Å². The molecule has 0 bridgehead atoms. The van der Waals surface area contributed by atoms with Gasteiger partial charge in [0.05, 0.1) is 0 Å². The highest BCUT2D eigenvalue weighted by Crippen LogP contribution is 2.63. The zero-order valence-corrected chi connectivity index (χ0v) is 10.7. The van der Waals surface area contributed by atoms with Gasteiger partial charge in [-0.2, -0.15) is 0 Å². The molecule has 14 heavy (non-hydrogen) atoms. The molecule has 1 saturated heterocycles. The van der Waals surface area contributed by atoms with Gasteiger partial charge in [0.15, 0.2) is 0 Å². The molecule has 4 nitrogen and oxygen atoms in total. The van der Waals surface area contributed by atoms with Gasteiger partial charge in [-0.25, -0.2) is 0 Å². The molecular weight excluding hydrogens is 201 g/mol. The molecule has 0 aromatic heterocycles. The van der Waals surface area contributed by atoms with Crippen molar-refractivity contribution in [3.63, 3.8) is 0 Å². The summed E-state index contributed by atoms with van der Waals surface area (Å²) in [4.78, 5) is 1.82. The SMILES string of the molecule is CN(C)CP1(=O)OC(C)(C)C(C)(C)O1. The van der Waals surface area contributed by atoms with Crippen molar-refractivity contribution in [1.29, 1.82) is 0 Å². The van der Waals surface area contributed by atoms with E-state index in [4.69, 9.17) is 9.05 Å². The van der Waals surface area contributed by atoms with E-state index >= 15 is 0 Å². The molecule has 84 valence electrons. The average Bonchev–Trinajstić information content (AvgIpc) is 1.91. The van der Waals surface area contributed by atoms with Gasteiger partial charge in [-0.05, 0) is 41.8 Å². The molecule has 1 aliphatic rings. The highest BCUT2D eigenvalue weighted by atomic mass is 31.2. The molecule has 1 heterocycles. The van der Waals surface area contributed by atoms with Gasteiger partial charge in [-0.3, -0.25) is 18.5 Å². The molecule has 0 radical (unpaired) electrons. The Hall–Kier alpha value is 0.110. The molecule has 0 amide bonds. The minimum absolute atomic E-state index is 0.333. The molecule has 1 rings (SSSR count). The molecule has 0 atom stereocenters. The standard InChI is InChI=1S/C9H20NO3P/c1-8(2)9(3,4)13-14(11,12-8)7-10(5)6/h7H2,1-6H3. The number of rotatable bonds is 2. The Balaban J connectivity index is 2.86. The smallest absolute Gasteiger partial charge is 0.299 e. The maximum atomic E-state index is 12.2. The second-order valence-corrected chi connectivity index (χ2v) is 6.90. The maximum Gasteiger partial charge on any atom is 0.345 e. The van der Waals surface area contributed by atoms with E-state index in [2.05, 4.69) is 0 Å². The van der Waals surface area contributed by atoms with Crippen molar-refractivity contribution in [2.45, 2.75) is 38.9 Å². The summed E-state index contributed by atoms with van der Waals surface area (Å²) in [7, 11) is 0.760. The van der Waals surface area contributed by atoms with Gasteiger partial charge in [0.1, 0.15) is 17.5 Å². The quantitative estimate of drug-likeness (QED) is 0.671. The second kappa shape index (κ2) is 3.31. The topological polar surface area (TPSA) is 38.8 Å². The van der Waals surface area contributed by atoms with Crippen LogP contribution in [0.2, 0.25) is 0 Å². The highest BCUT2D eigenvalue weighted by Gasteiger charge is 2.55. The van der Waals surface area contributed by atoms with Gasteiger partial charge in [0, 0.05) is 0 Å². The largest absolute Gasteiger partial charge is 0.345 e. The Morgan fingerprint density at radius 1 is 1.07 bits per heavy atom. The lowest BCUT2D eigenvalue weighted by Crippen LogP contribution is -2.41. The van der Waals surface area contributed by atoms with Crippen LogP contribution >= 0.6 is 7.60 Å². The minimum atomic E-state index is -2.94. The molecule has 0 N–H and O–H groups in total. The van der Waals surface area contributed by atoms with Crippen LogP contribution in [0.25, 0.3) is 0 Å². The normalized spacial score (nSPS) is 28.2. The third-order valence-electron chi connectivity index (χ3n) is 2.64. The lowest BCUT2D eigenvalue weighted by atomic mass is 9.90. The number of nitrogens with zero attached hydrogens (tertiary/aromatic N) is 1. The van der Waals surface area contributed by atoms with Gasteiger partial charge in [0.2, 0.25) is 0 Å². The fourth-order valence-electron chi connectivity index (χ4n) is 1.34. The van der Waals surface area contributed by atoms with Crippen molar-refractivity contribution < 1.29 is 13.6 Å². The van der Waals surface area contributed by atoms with Gasteiger partial charge < -0.3 is 0 Å². The third kappa shape index (κ3) is 2.19. The van der Waals surface area contributed by atoms with E-state index in [0.29, 0.717) is 6.29 Å². The summed E-state index contributed by atoms with van der Waals surface area (Å²) in [5, 5.41) is 0. The predicted molar refractivity (Wildman–Crippen MR) is 56.5 cm³/mol. The summed E-state index contributed by atoms with van der Waals surface area (Å²) in [6.07, 6.45) is 0.333. The first kappa shape index (κ1) is 12.2. The fraction of sp³-hybridized carbons (Fsp3) is 1.00. The molecule has 0 unspecified atom stereocenters. The van der Waals surface area contributed by atoms with E-state index in [9.17, 15) is 4.57 Å². The summed E-state index contributed by atoms with van der Waals surface area (Å²) in [5.74, 6) is 0. The molecule has 1 aliphatic heterocycles. The van der Waals surface area contributed by atoms with Crippen molar-refractivity contribution >= 4 is 7.60 Å². The van der Waals surface area contributed by atoms with Crippen LogP contribution in [0, 0.1) is 0 Å². The van der Waals surface area contributed by atoms with Crippen molar-refractivity contribution in [1.82, 2.24) is 4.90 Å². The van der Waals surface area contributed by atoms with Crippen molar-refractivity contribution in [2.75, 3.05) is 20.4 Å². The number of hydrogen-bond acceptors (Lipinski definition) is 4. The molecule has 1 fully saturated rings. The van der Waals surface area contributed by atoms with Crippen molar-refractivity contribution in [2.24, 2.45) is 0 Å². The van der Waals surface area contributed by atoms with Crippen LogP contribution in [0.4, 0.5) is 0 Å². The average molecular weight is 221 g/mol. The predicted octanol–water partition coefficient (Wildman–Crippen LogP) is 2.30. The molecule has 5 heteroatoms. The zero-order chi connectivity index (χ0) is 11.2. The van der Waals surface area contributed by atoms with Crippen LogP contribution in [0.3, 0.4) is 0 Å². The Labute approximate surface area is 86.1 Å². The minimum Gasteiger partial charge on any atom is -0.299 e. The molecular formula is C9H20NO3P.